The second kappa shape index (κ2) is 8.52. The Morgan fingerprint density at radius 2 is 1.41 bits per heavy atom. The van der Waals surface area contributed by atoms with Crippen LogP contribution in [0.5, 0.6) is 0 Å². The van der Waals surface area contributed by atoms with E-state index in [1.165, 1.54) is 25.7 Å². The third-order valence-electron chi connectivity index (χ3n) is 3.01. The molecule has 0 rings (SSSR count). The van der Waals surface area contributed by atoms with Crippen LogP contribution < -0.4 is 0 Å². The average molecular weight is 238 g/mol. The Hall–Kier alpha value is -0.560. The molecule has 0 unspecified atom stereocenters. The van der Waals surface area contributed by atoms with Gasteiger partial charge in [0.2, 0.25) is 0 Å². The molecule has 0 amide bonds. The molecule has 0 fully saturated rings. The van der Waals surface area contributed by atoms with Gasteiger partial charge >= 0.3 is 0 Å². The van der Waals surface area contributed by atoms with Crippen molar-refractivity contribution >= 4 is 0 Å². The summed E-state index contributed by atoms with van der Waals surface area (Å²) >= 11 is 0. The summed E-state index contributed by atoms with van der Waals surface area (Å²) in [6, 6.07) is 0. The van der Waals surface area contributed by atoms with Crippen molar-refractivity contribution in [1.82, 2.24) is 0 Å². The molecule has 17 heavy (non-hydrogen) atoms. The van der Waals surface area contributed by atoms with E-state index in [4.69, 9.17) is 0 Å². The van der Waals surface area contributed by atoms with Gasteiger partial charge in [0.1, 0.15) is 0 Å². The smallest absolute Gasteiger partial charge is 0.0721 e. The van der Waals surface area contributed by atoms with E-state index in [1.807, 2.05) is 13.8 Å². The SMILES string of the molecule is C=C(C)CC(O)(CCCCCCC)CC(=C)C. The van der Waals surface area contributed by atoms with Crippen molar-refractivity contribution in [3.05, 3.63) is 24.3 Å². The molecule has 0 saturated heterocycles. The first-order valence-corrected chi connectivity index (χ1v) is 6.91. The molecule has 0 aliphatic carbocycles. The van der Waals surface area contributed by atoms with Crippen LogP contribution >= 0.6 is 0 Å². The van der Waals surface area contributed by atoms with Gasteiger partial charge in [-0.25, -0.2) is 0 Å². The second-order valence-corrected chi connectivity index (χ2v) is 5.66. The topological polar surface area (TPSA) is 20.2 Å². The maximum Gasteiger partial charge on any atom is 0.0721 e. The van der Waals surface area contributed by atoms with E-state index in [2.05, 4.69) is 20.1 Å². The van der Waals surface area contributed by atoms with Gasteiger partial charge in [-0.3, -0.25) is 0 Å². The van der Waals surface area contributed by atoms with Crippen LogP contribution in [0.4, 0.5) is 0 Å². The van der Waals surface area contributed by atoms with E-state index in [9.17, 15) is 5.11 Å². The quantitative estimate of drug-likeness (QED) is 0.419. The highest BCUT2D eigenvalue weighted by Gasteiger charge is 2.26. The summed E-state index contributed by atoms with van der Waals surface area (Å²) in [6.45, 7) is 14.0. The van der Waals surface area contributed by atoms with Crippen molar-refractivity contribution in [3.63, 3.8) is 0 Å². The summed E-state index contributed by atoms with van der Waals surface area (Å²) in [6.07, 6.45) is 8.46. The van der Waals surface area contributed by atoms with Crippen molar-refractivity contribution < 1.29 is 5.11 Å². The zero-order valence-electron chi connectivity index (χ0n) is 12.0. The van der Waals surface area contributed by atoms with Crippen LogP contribution in [-0.4, -0.2) is 10.7 Å². The predicted molar refractivity (Wildman–Crippen MR) is 77.2 cm³/mol. The molecule has 1 nitrogen and oxygen atoms in total. The Balaban J connectivity index is 4.09. The molecule has 0 spiro atoms. The van der Waals surface area contributed by atoms with E-state index in [1.54, 1.807) is 0 Å². The Labute approximate surface area is 108 Å². The predicted octanol–water partition coefficient (Wildman–Crippen LogP) is 5.01. The van der Waals surface area contributed by atoms with Crippen molar-refractivity contribution in [2.75, 3.05) is 0 Å². The summed E-state index contributed by atoms with van der Waals surface area (Å²) in [5.41, 5.74) is 1.51. The summed E-state index contributed by atoms with van der Waals surface area (Å²) in [7, 11) is 0. The third kappa shape index (κ3) is 9.17. The lowest BCUT2D eigenvalue weighted by molar-refractivity contribution is 0.0296. The number of aliphatic hydroxyl groups is 1. The fraction of sp³-hybridized carbons (Fsp3) is 0.750. The molecule has 0 bridgehead atoms. The maximum atomic E-state index is 10.6. The summed E-state index contributed by atoms with van der Waals surface area (Å²) < 4.78 is 0. The molecular formula is C16H30O. The Kier molecular flexibility index (Phi) is 8.24. The van der Waals surface area contributed by atoms with Gasteiger partial charge in [0, 0.05) is 0 Å². The monoisotopic (exact) mass is 238 g/mol. The summed E-state index contributed by atoms with van der Waals surface area (Å²) in [4.78, 5) is 0. The van der Waals surface area contributed by atoms with E-state index in [0.717, 1.165) is 24.0 Å². The van der Waals surface area contributed by atoms with Crippen LogP contribution in [0.1, 0.15) is 72.1 Å². The van der Waals surface area contributed by atoms with Gasteiger partial charge < -0.3 is 5.11 Å². The van der Waals surface area contributed by atoms with Crippen molar-refractivity contribution in [2.24, 2.45) is 0 Å². The largest absolute Gasteiger partial charge is 0.389 e. The third-order valence-corrected chi connectivity index (χ3v) is 3.01. The van der Waals surface area contributed by atoms with Crippen LogP contribution in [0.3, 0.4) is 0 Å². The van der Waals surface area contributed by atoms with Crippen LogP contribution in [0, 0.1) is 0 Å². The fourth-order valence-electron chi connectivity index (χ4n) is 2.42. The van der Waals surface area contributed by atoms with Gasteiger partial charge in [0.05, 0.1) is 5.60 Å². The number of hydrogen-bond donors (Lipinski definition) is 1. The molecule has 0 atom stereocenters. The van der Waals surface area contributed by atoms with Crippen LogP contribution in [-0.2, 0) is 0 Å². The van der Waals surface area contributed by atoms with E-state index < -0.39 is 5.60 Å². The lowest BCUT2D eigenvalue weighted by atomic mass is 9.84. The van der Waals surface area contributed by atoms with Gasteiger partial charge in [-0.15, -0.1) is 13.2 Å². The molecule has 0 radical (unpaired) electrons. The van der Waals surface area contributed by atoms with Gasteiger partial charge in [-0.1, -0.05) is 50.2 Å². The van der Waals surface area contributed by atoms with Gasteiger partial charge in [0.25, 0.3) is 0 Å². The molecule has 0 aromatic rings. The van der Waals surface area contributed by atoms with Gasteiger partial charge in [0.15, 0.2) is 0 Å². The molecule has 1 heteroatoms. The van der Waals surface area contributed by atoms with E-state index >= 15 is 0 Å². The van der Waals surface area contributed by atoms with Crippen molar-refractivity contribution in [1.29, 1.82) is 0 Å². The minimum absolute atomic E-state index is 0.607. The lowest BCUT2D eigenvalue weighted by Gasteiger charge is -2.29. The minimum Gasteiger partial charge on any atom is -0.389 e. The molecule has 0 saturated carbocycles. The number of hydrogen-bond acceptors (Lipinski definition) is 1. The zero-order chi connectivity index (χ0) is 13.3. The average Bonchev–Trinajstić information content (AvgIpc) is 2.14. The molecule has 1 N–H and O–H groups in total. The van der Waals surface area contributed by atoms with Crippen molar-refractivity contribution in [2.45, 2.75) is 77.7 Å². The van der Waals surface area contributed by atoms with Crippen LogP contribution in [0.25, 0.3) is 0 Å². The fourth-order valence-corrected chi connectivity index (χ4v) is 2.42. The van der Waals surface area contributed by atoms with Crippen LogP contribution in [0.15, 0.2) is 24.3 Å². The molecule has 0 aliphatic heterocycles. The van der Waals surface area contributed by atoms with E-state index in [0.29, 0.717) is 12.8 Å². The van der Waals surface area contributed by atoms with Crippen molar-refractivity contribution in [3.8, 4) is 0 Å². The molecule has 0 aromatic heterocycles. The Morgan fingerprint density at radius 3 is 1.82 bits per heavy atom. The molecule has 100 valence electrons. The first-order valence-electron chi connectivity index (χ1n) is 6.91. The van der Waals surface area contributed by atoms with Gasteiger partial charge in [-0.05, 0) is 33.1 Å². The highest BCUT2D eigenvalue weighted by atomic mass is 16.3. The number of unbranched alkanes of at least 4 members (excludes halogenated alkanes) is 4. The number of rotatable bonds is 10. The first kappa shape index (κ1) is 16.4. The molecular weight excluding hydrogens is 208 g/mol. The summed E-state index contributed by atoms with van der Waals surface area (Å²) in [5.74, 6) is 0. The second-order valence-electron chi connectivity index (χ2n) is 5.66. The normalized spacial score (nSPS) is 11.5. The van der Waals surface area contributed by atoms with Crippen LogP contribution in [0.2, 0.25) is 0 Å². The Bertz CT molecular complexity index is 224. The molecule has 0 aromatic carbocycles. The highest BCUT2D eigenvalue weighted by molar-refractivity contribution is 5.04. The standard InChI is InChI=1S/C16H30O/c1-6-7-8-9-10-11-16(17,12-14(2)3)13-15(4)5/h17H,2,4,6-13H2,1,3,5H3. The maximum absolute atomic E-state index is 10.6. The Morgan fingerprint density at radius 1 is 0.941 bits per heavy atom. The minimum atomic E-state index is -0.607. The highest BCUT2D eigenvalue weighted by Crippen LogP contribution is 2.29. The van der Waals surface area contributed by atoms with E-state index in [-0.39, 0.29) is 0 Å². The summed E-state index contributed by atoms with van der Waals surface area (Å²) in [5, 5.41) is 10.6. The van der Waals surface area contributed by atoms with Gasteiger partial charge in [-0.2, -0.15) is 0 Å². The first-order chi connectivity index (χ1) is 7.89. The zero-order valence-corrected chi connectivity index (χ0v) is 12.0. The lowest BCUT2D eigenvalue weighted by Crippen LogP contribution is -2.29. The molecule has 0 heterocycles. The molecule has 0 aliphatic rings.